The first kappa shape index (κ1) is 22.2. The Kier molecular flexibility index (Phi) is 7.13. The van der Waals surface area contributed by atoms with Gasteiger partial charge in [0.1, 0.15) is 11.5 Å². The van der Waals surface area contributed by atoms with Crippen molar-refractivity contribution in [2.45, 2.75) is 33.3 Å². The molecule has 0 saturated carbocycles. The van der Waals surface area contributed by atoms with Gasteiger partial charge in [-0.1, -0.05) is 25.1 Å². The van der Waals surface area contributed by atoms with Crippen molar-refractivity contribution in [2.24, 2.45) is 0 Å². The molecule has 1 heterocycles. The molecule has 1 atom stereocenters. The number of hydrogen-bond acceptors (Lipinski definition) is 5. The molecule has 6 nitrogen and oxygen atoms in total. The van der Waals surface area contributed by atoms with Crippen molar-refractivity contribution in [2.75, 3.05) is 13.7 Å². The van der Waals surface area contributed by atoms with Crippen molar-refractivity contribution in [3.63, 3.8) is 0 Å². The van der Waals surface area contributed by atoms with E-state index in [1.54, 1.807) is 19.2 Å². The first-order valence-electron chi connectivity index (χ1n) is 10.2. The highest BCUT2D eigenvalue weighted by atomic mass is 16.6. The predicted octanol–water partition coefficient (Wildman–Crippen LogP) is 4.69. The molecule has 0 aliphatic carbocycles. The van der Waals surface area contributed by atoms with Gasteiger partial charge in [0.25, 0.3) is 0 Å². The summed E-state index contributed by atoms with van der Waals surface area (Å²) in [6.45, 7) is 5.31. The summed E-state index contributed by atoms with van der Waals surface area (Å²) in [4.78, 5) is 25.2. The lowest BCUT2D eigenvalue weighted by atomic mass is 10.1. The highest BCUT2D eigenvalue weighted by molar-refractivity contribution is 5.99. The van der Waals surface area contributed by atoms with E-state index in [-0.39, 0.29) is 12.4 Å². The van der Waals surface area contributed by atoms with E-state index in [9.17, 15) is 9.59 Å². The van der Waals surface area contributed by atoms with E-state index in [4.69, 9.17) is 14.2 Å². The molecule has 162 valence electrons. The molecule has 0 aliphatic rings. The van der Waals surface area contributed by atoms with E-state index in [2.05, 4.69) is 0 Å². The number of rotatable bonds is 9. The monoisotopic (exact) mass is 421 g/mol. The first-order valence-corrected chi connectivity index (χ1v) is 10.2. The molecule has 3 aromatic rings. The minimum atomic E-state index is -0.762. The summed E-state index contributed by atoms with van der Waals surface area (Å²) < 4.78 is 18.2. The summed E-state index contributed by atoms with van der Waals surface area (Å²) in [5, 5.41) is 0. The van der Waals surface area contributed by atoms with Crippen LogP contribution in [0.3, 0.4) is 0 Å². The summed E-state index contributed by atoms with van der Waals surface area (Å²) in [6.07, 6.45) is -0.324. The lowest BCUT2D eigenvalue weighted by Gasteiger charge is -2.16. The minimum absolute atomic E-state index is 0.254. The Morgan fingerprint density at radius 2 is 1.65 bits per heavy atom. The van der Waals surface area contributed by atoms with Gasteiger partial charge in [-0.05, 0) is 62.7 Å². The zero-order chi connectivity index (χ0) is 22.4. The van der Waals surface area contributed by atoms with E-state index >= 15 is 0 Å². The first-order chi connectivity index (χ1) is 14.9. The molecule has 0 aliphatic heterocycles. The standard InChI is InChI=1S/C25H27NO5/c1-5-24(31-21-9-7-6-8-10-21)25(28)30-16-23(27)22-15-17(2)26(18(22)3)19-11-13-20(29-4)14-12-19/h6-15,24H,5,16H2,1-4H3/t24-/m0/s1. The Morgan fingerprint density at radius 1 is 0.968 bits per heavy atom. The van der Waals surface area contributed by atoms with Crippen molar-refractivity contribution in [3.05, 3.63) is 77.6 Å². The van der Waals surface area contributed by atoms with Crippen LogP contribution in [0, 0.1) is 13.8 Å². The Bertz CT molecular complexity index is 1040. The molecule has 0 unspecified atom stereocenters. The maximum Gasteiger partial charge on any atom is 0.347 e. The van der Waals surface area contributed by atoms with Crippen LogP contribution in [0.5, 0.6) is 11.5 Å². The maximum atomic E-state index is 12.8. The van der Waals surface area contributed by atoms with Gasteiger partial charge in [0.05, 0.1) is 7.11 Å². The van der Waals surface area contributed by atoms with Gasteiger partial charge < -0.3 is 18.8 Å². The second kappa shape index (κ2) is 9.98. The van der Waals surface area contributed by atoms with Gasteiger partial charge in [0.2, 0.25) is 5.78 Å². The molecule has 2 aromatic carbocycles. The summed E-state index contributed by atoms with van der Waals surface area (Å²) in [7, 11) is 1.62. The van der Waals surface area contributed by atoms with E-state index in [1.807, 2.05) is 73.9 Å². The van der Waals surface area contributed by atoms with Gasteiger partial charge in [0.15, 0.2) is 12.7 Å². The molecular weight excluding hydrogens is 394 g/mol. The molecule has 1 aromatic heterocycles. The molecule has 0 N–H and O–H groups in total. The number of para-hydroxylation sites is 1. The number of nitrogens with zero attached hydrogens (tertiary/aromatic N) is 1. The van der Waals surface area contributed by atoms with Crippen molar-refractivity contribution in [1.29, 1.82) is 0 Å². The Hall–Kier alpha value is -3.54. The van der Waals surface area contributed by atoms with Gasteiger partial charge in [0, 0.05) is 22.6 Å². The maximum absolute atomic E-state index is 12.8. The van der Waals surface area contributed by atoms with Crippen LogP contribution in [0.4, 0.5) is 0 Å². The summed E-state index contributed by atoms with van der Waals surface area (Å²) in [5.74, 6) is 0.540. The lowest BCUT2D eigenvalue weighted by molar-refractivity contribution is -0.150. The number of ketones is 1. The zero-order valence-electron chi connectivity index (χ0n) is 18.3. The molecule has 0 fully saturated rings. The molecule has 0 spiro atoms. The number of Topliss-reactive ketones (excluding diaryl/α,β-unsaturated/α-hetero) is 1. The number of hydrogen-bond donors (Lipinski definition) is 0. The third-order valence-electron chi connectivity index (χ3n) is 5.06. The van der Waals surface area contributed by atoms with Crippen molar-refractivity contribution in [1.82, 2.24) is 4.57 Å². The van der Waals surface area contributed by atoms with E-state index in [0.29, 0.717) is 17.7 Å². The largest absolute Gasteiger partial charge is 0.497 e. The van der Waals surface area contributed by atoms with Crippen LogP contribution in [0.25, 0.3) is 5.69 Å². The zero-order valence-corrected chi connectivity index (χ0v) is 18.3. The Labute approximate surface area is 182 Å². The lowest BCUT2D eigenvalue weighted by Crippen LogP contribution is -2.30. The Morgan fingerprint density at radius 3 is 2.26 bits per heavy atom. The second-order valence-electron chi connectivity index (χ2n) is 7.18. The fourth-order valence-corrected chi connectivity index (χ4v) is 3.44. The average molecular weight is 421 g/mol. The van der Waals surface area contributed by atoms with Gasteiger partial charge >= 0.3 is 5.97 Å². The number of ether oxygens (including phenoxy) is 3. The van der Waals surface area contributed by atoms with Crippen LogP contribution in [-0.2, 0) is 9.53 Å². The van der Waals surface area contributed by atoms with Crippen molar-refractivity contribution >= 4 is 11.8 Å². The number of esters is 1. The van der Waals surface area contributed by atoms with Gasteiger partial charge in [-0.3, -0.25) is 4.79 Å². The molecule has 0 saturated heterocycles. The summed E-state index contributed by atoms with van der Waals surface area (Å²) >= 11 is 0. The molecule has 6 heteroatoms. The second-order valence-corrected chi connectivity index (χ2v) is 7.18. The molecular formula is C25H27NO5. The van der Waals surface area contributed by atoms with E-state index in [1.165, 1.54) is 0 Å². The molecule has 3 rings (SSSR count). The number of benzene rings is 2. The van der Waals surface area contributed by atoms with Crippen LogP contribution >= 0.6 is 0 Å². The molecule has 31 heavy (non-hydrogen) atoms. The fourth-order valence-electron chi connectivity index (χ4n) is 3.44. The quantitative estimate of drug-likeness (QED) is 0.371. The van der Waals surface area contributed by atoms with Crippen LogP contribution in [0.1, 0.15) is 35.1 Å². The number of methoxy groups -OCH3 is 1. The highest BCUT2D eigenvalue weighted by Crippen LogP contribution is 2.23. The average Bonchev–Trinajstić information content (AvgIpc) is 3.10. The highest BCUT2D eigenvalue weighted by Gasteiger charge is 2.23. The number of aryl methyl sites for hydroxylation is 1. The fraction of sp³-hybridized carbons (Fsp3) is 0.280. The summed E-state index contributed by atoms with van der Waals surface area (Å²) in [5.41, 5.74) is 3.15. The third-order valence-corrected chi connectivity index (χ3v) is 5.06. The smallest absolute Gasteiger partial charge is 0.347 e. The third kappa shape index (κ3) is 5.15. The number of carbonyl (C=O) groups is 2. The van der Waals surface area contributed by atoms with Crippen LogP contribution in [-0.4, -0.2) is 36.1 Å². The molecule has 0 amide bonds. The van der Waals surface area contributed by atoms with Gasteiger partial charge in [-0.2, -0.15) is 0 Å². The Balaban J connectivity index is 1.68. The SMILES string of the molecule is CC[C@H](Oc1ccccc1)C(=O)OCC(=O)c1cc(C)n(-c2ccc(OC)cc2)c1C. The minimum Gasteiger partial charge on any atom is -0.497 e. The van der Waals surface area contributed by atoms with Crippen LogP contribution in [0.15, 0.2) is 60.7 Å². The molecule has 0 bridgehead atoms. The molecule has 0 radical (unpaired) electrons. The van der Waals surface area contributed by atoms with Crippen molar-refractivity contribution < 1.29 is 23.8 Å². The normalized spacial score (nSPS) is 11.6. The van der Waals surface area contributed by atoms with Crippen LogP contribution < -0.4 is 9.47 Å². The summed E-state index contributed by atoms with van der Waals surface area (Å²) in [6, 6.07) is 18.5. The topological polar surface area (TPSA) is 66.8 Å². The predicted molar refractivity (Wildman–Crippen MR) is 118 cm³/mol. The van der Waals surface area contributed by atoms with Gasteiger partial charge in [-0.15, -0.1) is 0 Å². The van der Waals surface area contributed by atoms with Crippen LogP contribution in [0.2, 0.25) is 0 Å². The number of aromatic nitrogens is 1. The van der Waals surface area contributed by atoms with E-state index in [0.717, 1.165) is 22.8 Å². The number of carbonyl (C=O) groups excluding carboxylic acids is 2. The van der Waals surface area contributed by atoms with E-state index < -0.39 is 12.1 Å². The van der Waals surface area contributed by atoms with Gasteiger partial charge in [-0.25, -0.2) is 4.79 Å². The van der Waals surface area contributed by atoms with Crippen molar-refractivity contribution in [3.8, 4) is 17.2 Å².